The van der Waals surface area contributed by atoms with E-state index in [0.29, 0.717) is 64.5 Å². The molecular weight excluding hydrogens is 967 g/mol. The third kappa shape index (κ3) is 29.1. The molecule has 0 aromatic rings. The molecule has 0 aliphatic carbocycles. The number of aliphatic imine (C=N–C) groups is 2. The highest BCUT2D eigenvalue weighted by Crippen LogP contribution is 2.20. The first-order chi connectivity index (χ1) is 34.6. The van der Waals surface area contributed by atoms with Crippen LogP contribution < -0.4 is 44.2 Å². The number of nitrogens with two attached hydrogens (primary N) is 4. The van der Waals surface area contributed by atoms with Crippen LogP contribution in [-0.2, 0) is 57.4 Å². The van der Waals surface area contributed by atoms with Gasteiger partial charge in [0.25, 0.3) is 0 Å². The smallest absolute Gasteiger partial charge is 0.249 e. The van der Waals surface area contributed by atoms with Gasteiger partial charge in [0.1, 0.15) is 19.3 Å². The Labute approximate surface area is 434 Å². The number of likely N-dealkylation sites (tertiary alicyclic amines) is 1. The Kier molecular flexibility index (Phi) is 33.5. The topological polar surface area (TPSA) is 369 Å². The van der Waals surface area contributed by atoms with Crippen molar-refractivity contribution in [2.24, 2.45) is 50.7 Å². The summed E-state index contributed by atoms with van der Waals surface area (Å²) in [6, 6.07) is -3.51. The predicted octanol–water partition coefficient (Wildman–Crippen LogP) is 0.356. The first kappa shape index (κ1) is 65.5. The van der Waals surface area contributed by atoms with E-state index < -0.39 is 59.6 Å². The van der Waals surface area contributed by atoms with E-state index in [-0.39, 0.29) is 143 Å². The number of ketones is 5. The van der Waals surface area contributed by atoms with Crippen LogP contribution in [0.15, 0.2) is 9.98 Å². The third-order valence-corrected chi connectivity index (χ3v) is 12.6. The van der Waals surface area contributed by atoms with Crippen LogP contribution in [0.25, 0.3) is 0 Å². The first-order valence-electron chi connectivity index (χ1n) is 25.4. The number of nitrogens with one attached hydrogen (secondary N) is 4. The fourth-order valence-electron chi connectivity index (χ4n) is 7.68. The van der Waals surface area contributed by atoms with E-state index in [9.17, 15) is 47.9 Å². The molecule has 0 aromatic carbocycles. The normalized spacial score (nSPS) is 15.2. The fraction of sp³-hybridized carbons (Fsp3) is 0.755. The minimum absolute atomic E-state index is 0.00456. The van der Waals surface area contributed by atoms with Crippen molar-refractivity contribution in [3.63, 3.8) is 0 Å². The molecule has 23 nitrogen and oxygen atoms in total. The van der Waals surface area contributed by atoms with E-state index in [1.54, 1.807) is 27.0 Å². The van der Waals surface area contributed by atoms with E-state index in [0.717, 1.165) is 0 Å². The molecule has 12 N–H and O–H groups in total. The lowest BCUT2D eigenvalue weighted by Gasteiger charge is -2.27. The molecule has 24 heteroatoms. The molecule has 5 amide bonds. The number of nitrogens with zero attached hydrogens (tertiary/aromatic N) is 3. The van der Waals surface area contributed by atoms with Gasteiger partial charge in [0.2, 0.25) is 29.5 Å². The number of hydrogen-bond donors (Lipinski definition) is 8. The Hall–Kier alpha value is -5.49. The molecule has 6 atom stereocenters. The number of carbonyl (C=O) groups excluding carboxylic acids is 10. The van der Waals surface area contributed by atoms with Crippen molar-refractivity contribution in [3.8, 4) is 0 Å². The number of Topliss-reactive ketones (excluding diaryl/α,β-unsaturated/α-hetero) is 5. The Balaban J connectivity index is 2.71. The van der Waals surface area contributed by atoms with Crippen molar-refractivity contribution in [1.82, 2.24) is 26.2 Å². The maximum Gasteiger partial charge on any atom is 0.249 e. The van der Waals surface area contributed by atoms with Gasteiger partial charge in [-0.15, -0.1) is 0 Å². The van der Waals surface area contributed by atoms with Gasteiger partial charge < -0.3 is 58.6 Å². The summed E-state index contributed by atoms with van der Waals surface area (Å²) in [7, 11) is 0. The molecule has 414 valence electrons. The SMILES string of the molecule is CCC(=O)COCCCC(=O)CNC(=O)[C@H](C)CC(=O)[C@H](CSC)NC(=O)CCC(=O)[C@H](CC(C)C)NC(=O)[C@@H]1CCCN1C(=O)COCCCC(=O)[C@@H](CCCN=C(N)N)NC(=O)[C@H](C)CCCN=C(N)N. The van der Waals surface area contributed by atoms with E-state index in [2.05, 4.69) is 31.3 Å². The second-order valence-corrected chi connectivity index (χ2v) is 19.7. The summed E-state index contributed by atoms with van der Waals surface area (Å²) in [6.45, 7) is 9.50. The van der Waals surface area contributed by atoms with Gasteiger partial charge in [-0.1, -0.05) is 34.6 Å². The van der Waals surface area contributed by atoms with Crippen molar-refractivity contribution in [3.05, 3.63) is 0 Å². The maximum atomic E-state index is 13.7. The minimum Gasteiger partial charge on any atom is -0.374 e. The molecule has 1 fully saturated rings. The Morgan fingerprint density at radius 3 is 1.90 bits per heavy atom. The molecular formula is C49H85N11O12S. The van der Waals surface area contributed by atoms with Crippen LogP contribution in [-0.4, -0.2) is 164 Å². The lowest BCUT2D eigenvalue weighted by Crippen LogP contribution is -2.52. The van der Waals surface area contributed by atoms with Crippen LogP contribution in [0.2, 0.25) is 0 Å². The number of hydrogen-bond acceptors (Lipinski definition) is 15. The fourth-order valence-corrected chi connectivity index (χ4v) is 8.29. The van der Waals surface area contributed by atoms with Gasteiger partial charge in [0.05, 0.1) is 24.7 Å². The zero-order valence-electron chi connectivity index (χ0n) is 44.0. The highest BCUT2D eigenvalue weighted by atomic mass is 32.2. The summed E-state index contributed by atoms with van der Waals surface area (Å²) < 4.78 is 10.9. The standard InChI is InChI=1S/C49H85N11O12S/c1-7-34(61)28-71-23-11-14-35(62)27-56-45(68)33(5)26-42(65)38(30-73-6)57-43(66)19-18-41(64)37(25-31(2)3)59-47(70)39-16-10-22-60(39)44(67)29-72-24-12-17-40(63)36(15-9-21-55-49(52)53)58-46(69)32(4)13-8-20-54-48(50)51/h31-33,36-39H,7-30H2,1-6H3,(H,56,68)(H,57,66)(H,58,69)(H,59,70)(H4,50,51,54)(H4,52,53,55)/t32-,33-,36-,37+,38+,39+/m1/s1. The van der Waals surface area contributed by atoms with Crippen molar-refractivity contribution >= 4 is 82.1 Å². The molecule has 73 heavy (non-hydrogen) atoms. The number of guanidine groups is 2. The van der Waals surface area contributed by atoms with E-state index in [1.165, 1.54) is 16.7 Å². The van der Waals surface area contributed by atoms with E-state index in [1.807, 2.05) is 13.8 Å². The average Bonchev–Trinajstić information content (AvgIpc) is 3.84. The van der Waals surface area contributed by atoms with Crippen molar-refractivity contribution in [2.75, 3.05) is 64.6 Å². The second kappa shape index (κ2) is 37.3. The van der Waals surface area contributed by atoms with E-state index in [4.69, 9.17) is 32.4 Å². The van der Waals surface area contributed by atoms with Gasteiger partial charge in [-0.05, 0) is 70.0 Å². The molecule has 1 aliphatic rings. The zero-order chi connectivity index (χ0) is 54.9. The molecule has 1 aliphatic heterocycles. The molecule has 0 spiro atoms. The minimum atomic E-state index is -0.939. The van der Waals surface area contributed by atoms with Crippen molar-refractivity contribution in [2.45, 2.75) is 155 Å². The van der Waals surface area contributed by atoms with Gasteiger partial charge in [-0.25, -0.2) is 0 Å². The number of carbonyl (C=O) groups is 10. The molecule has 1 saturated heterocycles. The number of ether oxygens (including phenoxy) is 2. The van der Waals surface area contributed by atoms with Crippen molar-refractivity contribution < 1.29 is 57.4 Å². The molecule has 0 aromatic heterocycles. The van der Waals surface area contributed by atoms with E-state index >= 15 is 0 Å². The second-order valence-electron chi connectivity index (χ2n) is 18.8. The summed E-state index contributed by atoms with van der Waals surface area (Å²) in [6.07, 6.45) is 5.36. The summed E-state index contributed by atoms with van der Waals surface area (Å²) >= 11 is 1.32. The molecule has 0 saturated carbocycles. The Morgan fingerprint density at radius 1 is 0.671 bits per heavy atom. The predicted molar refractivity (Wildman–Crippen MR) is 279 cm³/mol. The van der Waals surface area contributed by atoms with Crippen molar-refractivity contribution in [1.29, 1.82) is 0 Å². The van der Waals surface area contributed by atoms with Gasteiger partial charge in [0.15, 0.2) is 40.8 Å². The average molecular weight is 1050 g/mol. The van der Waals surface area contributed by atoms with Crippen LogP contribution in [0.3, 0.4) is 0 Å². The molecule has 0 unspecified atom stereocenters. The lowest BCUT2D eigenvalue weighted by atomic mass is 9.96. The molecule has 0 bridgehead atoms. The van der Waals surface area contributed by atoms with Gasteiger partial charge in [-0.3, -0.25) is 57.9 Å². The van der Waals surface area contributed by atoms with Crippen LogP contribution in [0.1, 0.15) is 131 Å². The Bertz CT molecular complexity index is 1880. The summed E-state index contributed by atoms with van der Waals surface area (Å²) in [5, 5.41) is 10.9. The first-order valence-corrected chi connectivity index (χ1v) is 26.8. The number of thioether (sulfide) groups is 1. The zero-order valence-corrected chi connectivity index (χ0v) is 44.8. The monoisotopic (exact) mass is 1050 g/mol. The van der Waals surface area contributed by atoms with Crippen LogP contribution in [0, 0.1) is 17.8 Å². The van der Waals surface area contributed by atoms with Crippen LogP contribution in [0.5, 0.6) is 0 Å². The Morgan fingerprint density at radius 2 is 1.29 bits per heavy atom. The van der Waals surface area contributed by atoms with Gasteiger partial charge in [0, 0.05) is 89.0 Å². The lowest BCUT2D eigenvalue weighted by molar-refractivity contribution is -0.142. The summed E-state index contributed by atoms with van der Waals surface area (Å²) in [4.78, 5) is 139. The summed E-state index contributed by atoms with van der Waals surface area (Å²) in [5.74, 6) is -4.61. The number of amides is 5. The van der Waals surface area contributed by atoms with Gasteiger partial charge >= 0.3 is 0 Å². The van der Waals surface area contributed by atoms with Crippen LogP contribution in [0.4, 0.5) is 0 Å². The molecule has 1 heterocycles. The molecule has 1 rings (SSSR count). The molecule has 0 radical (unpaired) electrons. The van der Waals surface area contributed by atoms with Gasteiger partial charge in [-0.2, -0.15) is 11.8 Å². The maximum absolute atomic E-state index is 13.7. The highest BCUT2D eigenvalue weighted by molar-refractivity contribution is 7.98. The highest BCUT2D eigenvalue weighted by Gasteiger charge is 2.36. The number of rotatable bonds is 41. The quantitative estimate of drug-likeness (QED) is 0.0233. The van der Waals surface area contributed by atoms with Crippen LogP contribution >= 0.6 is 11.8 Å². The summed E-state index contributed by atoms with van der Waals surface area (Å²) in [5.41, 5.74) is 21.6. The largest absolute Gasteiger partial charge is 0.374 e. The third-order valence-electron chi connectivity index (χ3n) is 11.9.